The minimum atomic E-state index is 0.870. The summed E-state index contributed by atoms with van der Waals surface area (Å²) in [6.45, 7) is 5.35. The van der Waals surface area contributed by atoms with Crippen molar-refractivity contribution in [3.8, 4) is 5.75 Å². The standard InChI is InChI=1S/C24H42O/c1-3-5-6-7-8-9-10-11-12-13-14-15-16-19-22-25-24-21-18-17-20-23(24)4-2/h17-18,20-21H,3-16,19,22H2,1-2H3. The zero-order valence-electron chi connectivity index (χ0n) is 17.0. The smallest absolute Gasteiger partial charge is 0.122 e. The van der Waals surface area contributed by atoms with Gasteiger partial charge in [0.2, 0.25) is 0 Å². The maximum Gasteiger partial charge on any atom is 0.122 e. The summed E-state index contributed by atoms with van der Waals surface area (Å²) in [5.74, 6) is 1.08. The van der Waals surface area contributed by atoms with Crippen LogP contribution in [0, 0.1) is 0 Å². The van der Waals surface area contributed by atoms with E-state index in [0.717, 1.165) is 18.8 Å². The van der Waals surface area contributed by atoms with Crippen LogP contribution in [0.1, 0.15) is 109 Å². The van der Waals surface area contributed by atoms with Gasteiger partial charge in [0.15, 0.2) is 0 Å². The van der Waals surface area contributed by atoms with Gasteiger partial charge in [0.25, 0.3) is 0 Å². The van der Waals surface area contributed by atoms with E-state index in [1.807, 2.05) is 0 Å². The van der Waals surface area contributed by atoms with E-state index in [1.165, 1.54) is 95.5 Å². The molecule has 0 heterocycles. The van der Waals surface area contributed by atoms with Gasteiger partial charge in [-0.3, -0.25) is 0 Å². The molecule has 0 aliphatic carbocycles. The predicted molar refractivity (Wildman–Crippen MR) is 112 cm³/mol. The molecular formula is C24H42O. The van der Waals surface area contributed by atoms with E-state index >= 15 is 0 Å². The van der Waals surface area contributed by atoms with Gasteiger partial charge in [0, 0.05) is 0 Å². The fraction of sp³-hybridized carbons (Fsp3) is 0.750. The van der Waals surface area contributed by atoms with Crippen molar-refractivity contribution in [1.29, 1.82) is 0 Å². The molecule has 0 aromatic heterocycles. The lowest BCUT2D eigenvalue weighted by Crippen LogP contribution is -1.99. The molecular weight excluding hydrogens is 304 g/mol. The molecule has 1 aromatic rings. The van der Waals surface area contributed by atoms with Crippen LogP contribution in [0.15, 0.2) is 24.3 Å². The maximum atomic E-state index is 5.94. The average Bonchev–Trinajstić information content (AvgIpc) is 2.65. The van der Waals surface area contributed by atoms with Crippen molar-refractivity contribution in [2.45, 2.75) is 110 Å². The molecule has 0 saturated carbocycles. The highest BCUT2D eigenvalue weighted by Gasteiger charge is 2.00. The van der Waals surface area contributed by atoms with Gasteiger partial charge in [-0.2, -0.15) is 0 Å². The lowest BCUT2D eigenvalue weighted by molar-refractivity contribution is 0.301. The molecule has 0 unspecified atom stereocenters. The Morgan fingerprint density at radius 2 is 1.08 bits per heavy atom. The molecule has 0 atom stereocenters. The number of para-hydroxylation sites is 1. The molecule has 0 spiro atoms. The van der Waals surface area contributed by atoms with Gasteiger partial charge < -0.3 is 4.74 Å². The Kier molecular flexibility index (Phi) is 14.5. The van der Waals surface area contributed by atoms with Crippen LogP contribution in [0.2, 0.25) is 0 Å². The highest BCUT2D eigenvalue weighted by atomic mass is 16.5. The third kappa shape index (κ3) is 12.1. The lowest BCUT2D eigenvalue weighted by Gasteiger charge is -2.10. The number of rotatable bonds is 17. The van der Waals surface area contributed by atoms with Crippen LogP contribution in [0.4, 0.5) is 0 Å². The Morgan fingerprint density at radius 3 is 1.60 bits per heavy atom. The number of hydrogen-bond donors (Lipinski definition) is 0. The zero-order valence-corrected chi connectivity index (χ0v) is 17.0. The lowest BCUT2D eigenvalue weighted by atomic mass is 10.0. The first-order valence-corrected chi connectivity index (χ1v) is 11.1. The fourth-order valence-electron chi connectivity index (χ4n) is 3.42. The molecule has 0 bridgehead atoms. The van der Waals surface area contributed by atoms with Crippen LogP contribution in [0.25, 0.3) is 0 Å². The molecule has 1 rings (SSSR count). The van der Waals surface area contributed by atoms with E-state index in [0.29, 0.717) is 0 Å². The van der Waals surface area contributed by atoms with Crippen LogP contribution in [0.5, 0.6) is 5.75 Å². The zero-order chi connectivity index (χ0) is 18.0. The summed E-state index contributed by atoms with van der Waals surface area (Å²) in [7, 11) is 0. The Morgan fingerprint density at radius 1 is 0.600 bits per heavy atom. The van der Waals surface area contributed by atoms with E-state index in [2.05, 4.69) is 38.1 Å². The molecule has 144 valence electrons. The molecule has 1 nitrogen and oxygen atoms in total. The summed E-state index contributed by atoms with van der Waals surface area (Å²) < 4.78 is 5.94. The first-order chi connectivity index (χ1) is 12.4. The van der Waals surface area contributed by atoms with Crippen molar-refractivity contribution < 1.29 is 4.74 Å². The summed E-state index contributed by atoms with van der Waals surface area (Å²) >= 11 is 0. The highest BCUT2D eigenvalue weighted by molar-refractivity contribution is 5.33. The number of benzene rings is 1. The van der Waals surface area contributed by atoms with E-state index in [1.54, 1.807) is 0 Å². The summed E-state index contributed by atoms with van der Waals surface area (Å²) in [6.07, 6.45) is 20.7. The molecule has 0 radical (unpaired) electrons. The van der Waals surface area contributed by atoms with E-state index in [-0.39, 0.29) is 0 Å². The molecule has 0 fully saturated rings. The van der Waals surface area contributed by atoms with Crippen molar-refractivity contribution in [2.24, 2.45) is 0 Å². The third-order valence-electron chi connectivity index (χ3n) is 5.11. The van der Waals surface area contributed by atoms with Crippen molar-refractivity contribution in [3.63, 3.8) is 0 Å². The van der Waals surface area contributed by atoms with Crippen molar-refractivity contribution >= 4 is 0 Å². The maximum absolute atomic E-state index is 5.94. The number of hydrogen-bond acceptors (Lipinski definition) is 1. The number of unbranched alkanes of at least 4 members (excludes halogenated alkanes) is 13. The Balaban J connectivity index is 1.82. The van der Waals surface area contributed by atoms with Crippen LogP contribution >= 0.6 is 0 Å². The predicted octanol–water partition coefficient (Wildman–Crippen LogP) is 8.11. The van der Waals surface area contributed by atoms with Crippen LogP contribution < -0.4 is 4.74 Å². The normalized spacial score (nSPS) is 11.0. The average molecular weight is 347 g/mol. The monoisotopic (exact) mass is 346 g/mol. The first-order valence-electron chi connectivity index (χ1n) is 11.1. The molecule has 0 aliphatic heterocycles. The van der Waals surface area contributed by atoms with Gasteiger partial charge in [-0.1, -0.05) is 116 Å². The van der Waals surface area contributed by atoms with Gasteiger partial charge in [-0.05, 0) is 24.5 Å². The summed E-state index contributed by atoms with van der Waals surface area (Å²) in [5, 5.41) is 0. The fourth-order valence-corrected chi connectivity index (χ4v) is 3.42. The minimum Gasteiger partial charge on any atom is -0.493 e. The van der Waals surface area contributed by atoms with Crippen LogP contribution in [-0.4, -0.2) is 6.61 Å². The van der Waals surface area contributed by atoms with Crippen LogP contribution in [-0.2, 0) is 6.42 Å². The summed E-state index contributed by atoms with van der Waals surface area (Å²) in [6, 6.07) is 8.43. The van der Waals surface area contributed by atoms with Gasteiger partial charge in [-0.25, -0.2) is 0 Å². The molecule has 0 aliphatic rings. The SMILES string of the molecule is CCCCCCCCCCCCCCCCOc1ccccc1CC. The van der Waals surface area contributed by atoms with Gasteiger partial charge >= 0.3 is 0 Å². The van der Waals surface area contributed by atoms with Crippen molar-refractivity contribution in [2.75, 3.05) is 6.61 Å². The first kappa shape index (κ1) is 22.1. The highest BCUT2D eigenvalue weighted by Crippen LogP contribution is 2.19. The van der Waals surface area contributed by atoms with E-state index in [4.69, 9.17) is 4.74 Å². The van der Waals surface area contributed by atoms with Gasteiger partial charge in [-0.15, -0.1) is 0 Å². The van der Waals surface area contributed by atoms with E-state index in [9.17, 15) is 0 Å². The quantitative estimate of drug-likeness (QED) is 0.259. The van der Waals surface area contributed by atoms with Gasteiger partial charge in [0.1, 0.15) is 5.75 Å². The second-order valence-electron chi connectivity index (χ2n) is 7.41. The number of aryl methyl sites for hydroxylation is 1. The third-order valence-corrected chi connectivity index (χ3v) is 5.11. The molecule has 1 aromatic carbocycles. The minimum absolute atomic E-state index is 0.870. The largest absolute Gasteiger partial charge is 0.493 e. The second kappa shape index (κ2) is 16.5. The molecule has 1 heteroatoms. The van der Waals surface area contributed by atoms with Crippen molar-refractivity contribution in [3.05, 3.63) is 29.8 Å². The molecule has 25 heavy (non-hydrogen) atoms. The summed E-state index contributed by atoms with van der Waals surface area (Å²) in [4.78, 5) is 0. The molecule has 0 saturated heterocycles. The van der Waals surface area contributed by atoms with E-state index < -0.39 is 0 Å². The van der Waals surface area contributed by atoms with Crippen LogP contribution in [0.3, 0.4) is 0 Å². The number of ether oxygens (including phenoxy) is 1. The Labute approximate surface area is 157 Å². The molecule has 0 N–H and O–H groups in total. The Bertz CT molecular complexity index is 399. The Hall–Kier alpha value is -0.980. The summed E-state index contributed by atoms with van der Waals surface area (Å²) in [5.41, 5.74) is 1.33. The van der Waals surface area contributed by atoms with Gasteiger partial charge in [0.05, 0.1) is 6.61 Å². The molecule has 0 amide bonds. The van der Waals surface area contributed by atoms with Crippen molar-refractivity contribution in [1.82, 2.24) is 0 Å². The topological polar surface area (TPSA) is 9.23 Å². The second-order valence-corrected chi connectivity index (χ2v) is 7.41.